The number of unbranched alkanes of at least 4 members (excludes halogenated alkanes) is 1. The van der Waals surface area contributed by atoms with Crippen LogP contribution in [0.4, 0.5) is 5.82 Å². The van der Waals surface area contributed by atoms with E-state index in [9.17, 15) is 4.79 Å². The Morgan fingerprint density at radius 3 is 2.90 bits per heavy atom. The Labute approximate surface area is 117 Å². The van der Waals surface area contributed by atoms with Gasteiger partial charge in [-0.25, -0.2) is 15.8 Å². The van der Waals surface area contributed by atoms with Crippen LogP contribution >= 0.6 is 0 Å². The number of hydrazine groups is 1. The van der Waals surface area contributed by atoms with E-state index < -0.39 is 0 Å². The first-order valence-electron chi connectivity index (χ1n) is 6.46. The van der Waals surface area contributed by atoms with E-state index in [4.69, 9.17) is 5.84 Å². The molecule has 106 valence electrons. The van der Waals surface area contributed by atoms with E-state index in [1.54, 1.807) is 24.7 Å². The molecule has 1 amide bonds. The summed E-state index contributed by atoms with van der Waals surface area (Å²) < 4.78 is 2.02. The monoisotopic (exact) mass is 274 g/mol. The number of amides is 1. The molecule has 2 heterocycles. The number of nitrogens with zero attached hydrogens (tertiary/aromatic N) is 3. The molecule has 2 rings (SSSR count). The highest BCUT2D eigenvalue weighted by Crippen LogP contribution is 2.03. The third kappa shape index (κ3) is 4.06. The molecule has 4 N–H and O–H groups in total. The fourth-order valence-electron chi connectivity index (χ4n) is 1.76. The zero-order valence-corrected chi connectivity index (χ0v) is 11.1. The van der Waals surface area contributed by atoms with Crippen LogP contribution in [-0.4, -0.2) is 27.0 Å². The third-order valence-electron chi connectivity index (χ3n) is 2.86. The average Bonchev–Trinajstić information content (AvgIpc) is 3.00. The summed E-state index contributed by atoms with van der Waals surface area (Å²) in [5.74, 6) is 5.62. The van der Waals surface area contributed by atoms with Gasteiger partial charge in [0.1, 0.15) is 5.82 Å². The zero-order valence-electron chi connectivity index (χ0n) is 11.1. The highest BCUT2D eigenvalue weighted by Gasteiger charge is 2.04. The number of aryl methyl sites for hydroxylation is 1. The summed E-state index contributed by atoms with van der Waals surface area (Å²) in [6, 6.07) is 3.34. The predicted molar refractivity (Wildman–Crippen MR) is 75.8 cm³/mol. The predicted octanol–water partition coefficient (Wildman–Crippen LogP) is 0.774. The molecule has 0 spiro atoms. The van der Waals surface area contributed by atoms with E-state index in [-0.39, 0.29) is 5.91 Å². The van der Waals surface area contributed by atoms with Gasteiger partial charge in [-0.05, 0) is 25.0 Å². The Bertz CT molecular complexity index is 522. The van der Waals surface area contributed by atoms with Crippen molar-refractivity contribution in [1.82, 2.24) is 19.9 Å². The first-order valence-corrected chi connectivity index (χ1v) is 6.46. The number of anilines is 1. The topological polar surface area (TPSA) is 97.9 Å². The van der Waals surface area contributed by atoms with Crippen LogP contribution in [0.5, 0.6) is 0 Å². The maximum Gasteiger partial charge on any atom is 0.252 e. The Kier molecular flexibility index (Phi) is 5.08. The molecule has 0 bridgehead atoms. The third-order valence-corrected chi connectivity index (χ3v) is 2.86. The molecule has 7 nitrogen and oxygen atoms in total. The molecule has 0 saturated heterocycles. The Morgan fingerprint density at radius 1 is 1.35 bits per heavy atom. The van der Waals surface area contributed by atoms with Crippen molar-refractivity contribution >= 4 is 11.7 Å². The summed E-state index contributed by atoms with van der Waals surface area (Å²) in [6.45, 7) is 1.55. The first kappa shape index (κ1) is 14.0. The van der Waals surface area contributed by atoms with Crippen LogP contribution in [-0.2, 0) is 6.54 Å². The second-order valence-electron chi connectivity index (χ2n) is 4.34. The van der Waals surface area contributed by atoms with E-state index in [1.165, 1.54) is 6.20 Å². The molecular formula is C13H18N6O. The second-order valence-corrected chi connectivity index (χ2v) is 4.34. The summed E-state index contributed by atoms with van der Waals surface area (Å²) in [5.41, 5.74) is 2.94. The average molecular weight is 274 g/mol. The zero-order chi connectivity index (χ0) is 14.2. The van der Waals surface area contributed by atoms with Crippen LogP contribution in [0.1, 0.15) is 23.2 Å². The van der Waals surface area contributed by atoms with E-state index in [1.807, 2.05) is 10.8 Å². The van der Waals surface area contributed by atoms with Gasteiger partial charge < -0.3 is 15.3 Å². The molecule has 0 aliphatic carbocycles. The SMILES string of the molecule is NNc1ccc(C(=O)NCCCCn2ccnc2)cn1. The first-order chi connectivity index (χ1) is 9.79. The molecule has 7 heteroatoms. The highest BCUT2D eigenvalue weighted by atomic mass is 16.1. The van der Waals surface area contributed by atoms with E-state index >= 15 is 0 Å². The van der Waals surface area contributed by atoms with Gasteiger partial charge in [-0.15, -0.1) is 0 Å². The van der Waals surface area contributed by atoms with Crippen molar-refractivity contribution in [2.45, 2.75) is 19.4 Å². The molecule has 0 unspecified atom stereocenters. The summed E-state index contributed by atoms with van der Waals surface area (Å²) in [7, 11) is 0. The lowest BCUT2D eigenvalue weighted by molar-refractivity contribution is 0.0952. The van der Waals surface area contributed by atoms with Gasteiger partial charge in [-0.3, -0.25) is 4.79 Å². The minimum atomic E-state index is -0.122. The fraction of sp³-hybridized carbons (Fsp3) is 0.308. The van der Waals surface area contributed by atoms with Gasteiger partial charge in [0.25, 0.3) is 5.91 Å². The van der Waals surface area contributed by atoms with Gasteiger partial charge in [0.15, 0.2) is 0 Å². The minimum Gasteiger partial charge on any atom is -0.352 e. The maximum absolute atomic E-state index is 11.8. The summed E-state index contributed by atoms with van der Waals surface area (Å²) in [4.78, 5) is 19.8. The number of imidazole rings is 1. The second kappa shape index (κ2) is 7.25. The fourth-order valence-corrected chi connectivity index (χ4v) is 1.76. The number of rotatable bonds is 7. The van der Waals surface area contributed by atoms with Crippen LogP contribution < -0.4 is 16.6 Å². The summed E-state index contributed by atoms with van der Waals surface area (Å²) in [6.07, 6.45) is 8.88. The van der Waals surface area contributed by atoms with Gasteiger partial charge in [0, 0.05) is 31.7 Å². The number of nitrogens with two attached hydrogens (primary N) is 1. The Hall–Kier alpha value is -2.41. The molecule has 0 saturated carbocycles. The van der Waals surface area contributed by atoms with Gasteiger partial charge >= 0.3 is 0 Å². The summed E-state index contributed by atoms with van der Waals surface area (Å²) in [5, 5.41) is 2.86. The smallest absolute Gasteiger partial charge is 0.252 e. The normalized spacial score (nSPS) is 10.2. The van der Waals surface area contributed by atoms with E-state index in [0.717, 1.165) is 19.4 Å². The van der Waals surface area contributed by atoms with Crippen LogP contribution in [0.2, 0.25) is 0 Å². The van der Waals surface area contributed by atoms with Gasteiger partial charge in [-0.1, -0.05) is 0 Å². The van der Waals surface area contributed by atoms with Crippen molar-refractivity contribution in [1.29, 1.82) is 0 Å². The Morgan fingerprint density at radius 2 is 2.25 bits per heavy atom. The number of hydrogen-bond acceptors (Lipinski definition) is 5. The molecular weight excluding hydrogens is 256 g/mol. The lowest BCUT2D eigenvalue weighted by atomic mass is 10.2. The van der Waals surface area contributed by atoms with Crippen molar-refractivity contribution in [3.8, 4) is 0 Å². The molecule has 0 radical (unpaired) electrons. The lowest BCUT2D eigenvalue weighted by Crippen LogP contribution is -2.24. The number of nitrogen functional groups attached to an aromatic ring is 1. The van der Waals surface area contributed by atoms with Gasteiger partial charge in [0.05, 0.1) is 11.9 Å². The van der Waals surface area contributed by atoms with Crippen molar-refractivity contribution < 1.29 is 4.79 Å². The lowest BCUT2D eigenvalue weighted by Gasteiger charge is -2.06. The number of carbonyl (C=O) groups is 1. The number of aromatic nitrogens is 3. The molecule has 2 aromatic heterocycles. The van der Waals surface area contributed by atoms with E-state index in [0.29, 0.717) is 17.9 Å². The molecule has 0 fully saturated rings. The number of nitrogens with one attached hydrogen (secondary N) is 2. The van der Waals surface area contributed by atoms with Crippen LogP contribution in [0.3, 0.4) is 0 Å². The van der Waals surface area contributed by atoms with Crippen molar-refractivity contribution in [3.63, 3.8) is 0 Å². The number of hydrogen-bond donors (Lipinski definition) is 3. The summed E-state index contributed by atoms with van der Waals surface area (Å²) >= 11 is 0. The van der Waals surface area contributed by atoms with Gasteiger partial charge in [0.2, 0.25) is 0 Å². The maximum atomic E-state index is 11.8. The molecule has 0 aliphatic rings. The van der Waals surface area contributed by atoms with Crippen LogP contribution in [0, 0.1) is 0 Å². The quantitative estimate of drug-likeness (QED) is 0.393. The number of carbonyl (C=O) groups excluding carboxylic acids is 1. The molecule has 0 atom stereocenters. The largest absolute Gasteiger partial charge is 0.352 e. The van der Waals surface area contributed by atoms with Crippen molar-refractivity contribution in [2.24, 2.45) is 5.84 Å². The number of pyridine rings is 1. The van der Waals surface area contributed by atoms with Crippen molar-refractivity contribution in [3.05, 3.63) is 42.6 Å². The highest BCUT2D eigenvalue weighted by molar-refractivity contribution is 5.93. The van der Waals surface area contributed by atoms with Crippen molar-refractivity contribution in [2.75, 3.05) is 12.0 Å². The standard InChI is InChI=1S/C13H18N6O/c14-18-12-4-3-11(9-17-12)13(20)16-5-1-2-7-19-8-6-15-10-19/h3-4,6,8-10H,1-2,5,7,14H2,(H,16,20)(H,17,18). The van der Waals surface area contributed by atoms with Crippen LogP contribution in [0.25, 0.3) is 0 Å². The molecule has 2 aromatic rings. The van der Waals surface area contributed by atoms with Gasteiger partial charge in [-0.2, -0.15) is 0 Å². The molecule has 0 aromatic carbocycles. The van der Waals surface area contributed by atoms with E-state index in [2.05, 4.69) is 20.7 Å². The van der Waals surface area contributed by atoms with Crippen LogP contribution in [0.15, 0.2) is 37.1 Å². The minimum absolute atomic E-state index is 0.122. The Balaban J connectivity index is 1.66. The molecule has 0 aliphatic heterocycles. The molecule has 20 heavy (non-hydrogen) atoms.